The van der Waals surface area contributed by atoms with Gasteiger partial charge in [0.15, 0.2) is 0 Å². The second-order valence-corrected chi connectivity index (χ2v) is 10.1. The maximum atomic E-state index is 13.1. The fraction of sp³-hybridized carbons (Fsp3) is 0.241. The molecule has 0 spiro atoms. The minimum Gasteiger partial charge on any atom is -0.445 e. The van der Waals surface area contributed by atoms with Gasteiger partial charge in [0.1, 0.15) is 11.6 Å². The van der Waals surface area contributed by atoms with Crippen LogP contribution in [0.4, 0.5) is 4.79 Å². The zero-order valence-electron chi connectivity index (χ0n) is 19.3. The zero-order valence-corrected chi connectivity index (χ0v) is 20.2. The van der Waals surface area contributed by atoms with Crippen LogP contribution in [0.5, 0.6) is 0 Å². The highest BCUT2D eigenvalue weighted by molar-refractivity contribution is 7.15. The van der Waals surface area contributed by atoms with E-state index in [0.717, 1.165) is 34.8 Å². The Morgan fingerprint density at radius 3 is 2.31 bits per heavy atom. The van der Waals surface area contributed by atoms with Gasteiger partial charge in [-0.1, -0.05) is 91.0 Å². The summed E-state index contributed by atoms with van der Waals surface area (Å²) in [6, 6.07) is 31.0. The predicted molar refractivity (Wildman–Crippen MR) is 139 cm³/mol. The molecular formula is C29H27N3O2S. The van der Waals surface area contributed by atoms with Crippen molar-refractivity contribution >= 4 is 17.4 Å². The molecule has 6 rings (SSSR count). The highest BCUT2D eigenvalue weighted by atomic mass is 32.1. The molecule has 0 bridgehead atoms. The van der Waals surface area contributed by atoms with Crippen molar-refractivity contribution in [2.24, 2.45) is 0 Å². The standard InChI is InChI=1S/C29H27N3O2S/c33-29(34-19-20-10-4-1-5-11-20)32-18-23(26-24(32)16-17-30-26)28-31-25(21-12-6-2-7-13-21)27(35-28)22-14-8-3-9-15-22/h1-15,23-24,26,30H,16-19H2/t23-,24+,26+/m0/s1. The van der Waals surface area contributed by atoms with E-state index in [1.54, 1.807) is 11.3 Å². The molecule has 5 nitrogen and oxygen atoms in total. The van der Waals surface area contributed by atoms with Gasteiger partial charge in [0.2, 0.25) is 0 Å². The van der Waals surface area contributed by atoms with Gasteiger partial charge in [-0.3, -0.25) is 0 Å². The lowest BCUT2D eigenvalue weighted by molar-refractivity contribution is 0.0920. The number of nitrogens with zero attached hydrogens (tertiary/aromatic N) is 2. The quantitative estimate of drug-likeness (QED) is 0.383. The Morgan fingerprint density at radius 1 is 0.943 bits per heavy atom. The van der Waals surface area contributed by atoms with Crippen LogP contribution in [-0.4, -0.2) is 41.2 Å². The third-order valence-corrected chi connectivity index (χ3v) is 8.18. The number of fused-ring (bicyclic) bond motifs is 1. The monoisotopic (exact) mass is 481 g/mol. The lowest BCUT2D eigenvalue weighted by Gasteiger charge is -2.22. The molecule has 4 aromatic rings. The summed E-state index contributed by atoms with van der Waals surface area (Å²) >= 11 is 1.75. The van der Waals surface area contributed by atoms with Crippen molar-refractivity contribution < 1.29 is 9.53 Å². The number of benzene rings is 3. The van der Waals surface area contributed by atoms with Gasteiger partial charge in [-0.2, -0.15) is 0 Å². The Balaban J connectivity index is 1.29. The van der Waals surface area contributed by atoms with Gasteiger partial charge < -0.3 is 15.0 Å². The Hall–Kier alpha value is -3.48. The van der Waals surface area contributed by atoms with Gasteiger partial charge in [-0.25, -0.2) is 9.78 Å². The average Bonchev–Trinajstić information content (AvgIpc) is 3.65. The van der Waals surface area contributed by atoms with Crippen molar-refractivity contribution in [2.45, 2.75) is 31.0 Å². The normalized spacial score (nSPS) is 21.1. The Bertz CT molecular complexity index is 1240. The fourth-order valence-corrected chi connectivity index (χ4v) is 6.48. The molecule has 3 aromatic carbocycles. The summed E-state index contributed by atoms with van der Waals surface area (Å²) in [6.45, 7) is 1.81. The van der Waals surface area contributed by atoms with E-state index in [-0.39, 0.29) is 24.1 Å². The first-order chi connectivity index (χ1) is 17.3. The Kier molecular flexibility index (Phi) is 6.06. The summed E-state index contributed by atoms with van der Waals surface area (Å²) in [7, 11) is 0. The molecule has 1 aromatic heterocycles. The van der Waals surface area contributed by atoms with Crippen LogP contribution >= 0.6 is 11.3 Å². The SMILES string of the molecule is O=C(OCc1ccccc1)N1C[C@H](c2nc(-c3ccccc3)c(-c3ccccc3)s2)[C@H]2NCC[C@H]21. The summed E-state index contributed by atoms with van der Waals surface area (Å²) in [5.74, 6) is 0.136. The van der Waals surface area contributed by atoms with E-state index in [9.17, 15) is 4.79 Å². The number of thiazole rings is 1. The largest absolute Gasteiger partial charge is 0.445 e. The van der Waals surface area contributed by atoms with Crippen molar-refractivity contribution in [3.63, 3.8) is 0 Å². The second kappa shape index (κ2) is 9.64. The van der Waals surface area contributed by atoms with Crippen molar-refractivity contribution in [1.82, 2.24) is 15.2 Å². The lowest BCUT2D eigenvalue weighted by atomic mass is 10.0. The maximum absolute atomic E-state index is 13.1. The molecule has 2 aliphatic rings. The fourth-order valence-electron chi connectivity index (χ4n) is 5.25. The number of hydrogen-bond acceptors (Lipinski definition) is 5. The highest BCUT2D eigenvalue weighted by Crippen LogP contribution is 2.44. The molecule has 2 fully saturated rings. The summed E-state index contributed by atoms with van der Waals surface area (Å²) in [5, 5.41) is 4.73. The van der Waals surface area contributed by atoms with Crippen LogP contribution in [0.1, 0.15) is 22.9 Å². The van der Waals surface area contributed by atoms with E-state index in [4.69, 9.17) is 9.72 Å². The lowest BCUT2D eigenvalue weighted by Crippen LogP contribution is -2.39. The van der Waals surface area contributed by atoms with Crippen LogP contribution in [0.2, 0.25) is 0 Å². The number of aromatic nitrogens is 1. The first-order valence-electron chi connectivity index (χ1n) is 12.1. The highest BCUT2D eigenvalue weighted by Gasteiger charge is 2.48. The van der Waals surface area contributed by atoms with Crippen LogP contribution in [-0.2, 0) is 11.3 Å². The molecule has 2 saturated heterocycles. The van der Waals surface area contributed by atoms with E-state index < -0.39 is 0 Å². The van der Waals surface area contributed by atoms with Crippen molar-refractivity contribution in [1.29, 1.82) is 0 Å². The van der Waals surface area contributed by atoms with E-state index in [1.165, 1.54) is 10.4 Å². The summed E-state index contributed by atoms with van der Waals surface area (Å²) in [5.41, 5.74) is 4.29. The van der Waals surface area contributed by atoms with Crippen molar-refractivity contribution in [3.8, 4) is 21.7 Å². The molecule has 2 aliphatic heterocycles. The molecule has 0 radical (unpaired) electrons. The summed E-state index contributed by atoms with van der Waals surface area (Å²) in [4.78, 5) is 21.4. The Morgan fingerprint density at radius 2 is 1.60 bits per heavy atom. The molecular weight excluding hydrogens is 454 g/mol. The number of rotatable bonds is 5. The number of ether oxygens (including phenoxy) is 1. The summed E-state index contributed by atoms with van der Waals surface area (Å²) < 4.78 is 5.71. The van der Waals surface area contributed by atoms with Crippen molar-refractivity contribution in [2.75, 3.05) is 13.1 Å². The van der Waals surface area contributed by atoms with Crippen LogP contribution < -0.4 is 5.32 Å². The first-order valence-corrected chi connectivity index (χ1v) is 12.9. The van der Waals surface area contributed by atoms with Crippen LogP contribution in [0.25, 0.3) is 21.7 Å². The average molecular weight is 482 g/mol. The zero-order chi connectivity index (χ0) is 23.6. The summed E-state index contributed by atoms with van der Waals surface area (Å²) in [6.07, 6.45) is 0.697. The molecule has 3 atom stereocenters. The number of carbonyl (C=O) groups excluding carboxylic acids is 1. The number of nitrogens with one attached hydrogen (secondary N) is 1. The van der Waals surface area contributed by atoms with Gasteiger partial charge in [-0.05, 0) is 24.1 Å². The molecule has 0 aliphatic carbocycles. The second-order valence-electron chi connectivity index (χ2n) is 9.10. The molecule has 3 heterocycles. The minimum atomic E-state index is -0.238. The Labute approximate surface area is 209 Å². The van der Waals surface area contributed by atoms with Crippen LogP contribution in [0.15, 0.2) is 91.0 Å². The van der Waals surface area contributed by atoms with Crippen molar-refractivity contribution in [3.05, 3.63) is 102 Å². The van der Waals surface area contributed by atoms with Gasteiger partial charge >= 0.3 is 6.09 Å². The molecule has 1 amide bonds. The molecule has 1 N–H and O–H groups in total. The molecule has 6 heteroatoms. The molecule has 0 saturated carbocycles. The third kappa shape index (κ3) is 4.35. The predicted octanol–water partition coefficient (Wildman–Crippen LogP) is 5.94. The maximum Gasteiger partial charge on any atom is 0.410 e. The van der Waals surface area contributed by atoms with E-state index in [1.807, 2.05) is 47.4 Å². The van der Waals surface area contributed by atoms with E-state index in [0.29, 0.717) is 13.2 Å². The number of amides is 1. The molecule has 176 valence electrons. The van der Waals surface area contributed by atoms with Gasteiger partial charge in [-0.15, -0.1) is 11.3 Å². The minimum absolute atomic E-state index is 0.132. The van der Waals surface area contributed by atoms with Crippen LogP contribution in [0, 0.1) is 0 Å². The van der Waals surface area contributed by atoms with Crippen LogP contribution in [0.3, 0.4) is 0 Å². The van der Waals surface area contributed by atoms with E-state index in [2.05, 4.69) is 53.8 Å². The molecule has 0 unspecified atom stereocenters. The number of carbonyl (C=O) groups is 1. The topological polar surface area (TPSA) is 54.5 Å². The molecule has 35 heavy (non-hydrogen) atoms. The number of hydrogen-bond donors (Lipinski definition) is 1. The third-order valence-electron chi connectivity index (χ3n) is 6.95. The smallest absolute Gasteiger partial charge is 0.410 e. The van der Waals surface area contributed by atoms with E-state index >= 15 is 0 Å². The van der Waals surface area contributed by atoms with Gasteiger partial charge in [0, 0.05) is 24.1 Å². The van der Waals surface area contributed by atoms with Gasteiger partial charge in [0.05, 0.1) is 16.6 Å². The first kappa shape index (κ1) is 22.0. The van der Waals surface area contributed by atoms with Gasteiger partial charge in [0.25, 0.3) is 0 Å². The number of likely N-dealkylation sites (tertiary alicyclic amines) is 1.